The van der Waals surface area contributed by atoms with Gasteiger partial charge in [0, 0.05) is 50.6 Å². The number of hydrogen-bond donors (Lipinski definition) is 0. The average Bonchev–Trinajstić information content (AvgIpc) is 2.84. The van der Waals surface area contributed by atoms with E-state index < -0.39 is 0 Å². The zero-order valence-corrected chi connectivity index (χ0v) is 12.4. The molecule has 3 heterocycles. The summed E-state index contributed by atoms with van der Waals surface area (Å²) in [6.45, 7) is 9.34. The zero-order valence-electron chi connectivity index (χ0n) is 12.4. The summed E-state index contributed by atoms with van der Waals surface area (Å²) in [6, 6.07) is 0. The Morgan fingerprint density at radius 1 is 1.25 bits per heavy atom. The standard InChI is InChI=1S/C15H21N5/c1-4-14-16-5-6-19(14)8-13-9-20(10-13)15-12(3)17-7-11(2)18-15/h5-7,13H,4,8-10H2,1-3H3. The lowest BCUT2D eigenvalue weighted by Gasteiger charge is -2.41. The maximum absolute atomic E-state index is 4.60. The summed E-state index contributed by atoms with van der Waals surface area (Å²) in [5.41, 5.74) is 2.00. The monoisotopic (exact) mass is 271 g/mol. The molecule has 3 rings (SSSR count). The molecule has 0 radical (unpaired) electrons. The third-order valence-corrected chi connectivity index (χ3v) is 3.88. The molecule has 1 fully saturated rings. The molecule has 5 heteroatoms. The third kappa shape index (κ3) is 2.40. The van der Waals surface area contributed by atoms with Crippen molar-refractivity contribution < 1.29 is 0 Å². The van der Waals surface area contributed by atoms with Crippen molar-refractivity contribution in [2.45, 2.75) is 33.7 Å². The Bertz CT molecular complexity index is 598. The van der Waals surface area contributed by atoms with Crippen LogP contribution >= 0.6 is 0 Å². The maximum atomic E-state index is 4.60. The summed E-state index contributed by atoms with van der Waals surface area (Å²) < 4.78 is 2.27. The summed E-state index contributed by atoms with van der Waals surface area (Å²) in [7, 11) is 0. The number of aryl methyl sites for hydroxylation is 3. The van der Waals surface area contributed by atoms with Crippen LogP contribution in [0.4, 0.5) is 5.82 Å². The third-order valence-electron chi connectivity index (χ3n) is 3.88. The fourth-order valence-corrected chi connectivity index (χ4v) is 2.78. The van der Waals surface area contributed by atoms with Crippen LogP contribution < -0.4 is 4.90 Å². The van der Waals surface area contributed by atoms with Crippen LogP contribution in [0.3, 0.4) is 0 Å². The van der Waals surface area contributed by atoms with Gasteiger partial charge in [0.05, 0.1) is 11.4 Å². The normalized spacial score (nSPS) is 15.4. The molecule has 1 aliphatic rings. The highest BCUT2D eigenvalue weighted by Gasteiger charge is 2.29. The van der Waals surface area contributed by atoms with Gasteiger partial charge in [-0.05, 0) is 13.8 Å². The van der Waals surface area contributed by atoms with Gasteiger partial charge in [-0.15, -0.1) is 0 Å². The van der Waals surface area contributed by atoms with Gasteiger partial charge in [0.2, 0.25) is 0 Å². The van der Waals surface area contributed by atoms with Crippen molar-refractivity contribution in [1.29, 1.82) is 0 Å². The molecule has 0 aliphatic carbocycles. The van der Waals surface area contributed by atoms with Gasteiger partial charge in [0.1, 0.15) is 11.6 Å². The van der Waals surface area contributed by atoms with Crippen molar-refractivity contribution in [1.82, 2.24) is 19.5 Å². The van der Waals surface area contributed by atoms with E-state index in [-0.39, 0.29) is 0 Å². The number of aromatic nitrogens is 4. The number of hydrogen-bond acceptors (Lipinski definition) is 4. The first-order chi connectivity index (χ1) is 9.67. The second-order valence-electron chi connectivity index (χ2n) is 5.54. The number of imidazole rings is 1. The highest BCUT2D eigenvalue weighted by atomic mass is 15.3. The predicted molar refractivity (Wildman–Crippen MR) is 78.8 cm³/mol. The summed E-state index contributed by atoms with van der Waals surface area (Å²) in [5.74, 6) is 2.90. The van der Waals surface area contributed by atoms with Crippen LogP contribution in [-0.4, -0.2) is 32.6 Å². The molecule has 0 aromatic carbocycles. The van der Waals surface area contributed by atoms with Gasteiger partial charge in [0.15, 0.2) is 0 Å². The van der Waals surface area contributed by atoms with Crippen molar-refractivity contribution in [2.24, 2.45) is 5.92 Å². The Labute approximate surface area is 119 Å². The zero-order chi connectivity index (χ0) is 14.1. The van der Waals surface area contributed by atoms with E-state index in [0.717, 1.165) is 43.3 Å². The van der Waals surface area contributed by atoms with Crippen molar-refractivity contribution in [3.8, 4) is 0 Å². The lowest BCUT2D eigenvalue weighted by Crippen LogP contribution is -2.49. The molecule has 5 nitrogen and oxygen atoms in total. The van der Waals surface area contributed by atoms with Gasteiger partial charge in [-0.25, -0.2) is 9.97 Å². The quantitative estimate of drug-likeness (QED) is 0.853. The van der Waals surface area contributed by atoms with Gasteiger partial charge in [-0.2, -0.15) is 0 Å². The Morgan fingerprint density at radius 3 is 2.80 bits per heavy atom. The molecule has 1 saturated heterocycles. The van der Waals surface area contributed by atoms with Gasteiger partial charge in [-0.3, -0.25) is 4.98 Å². The summed E-state index contributed by atoms with van der Waals surface area (Å²) in [6.07, 6.45) is 6.80. The fourth-order valence-electron chi connectivity index (χ4n) is 2.78. The number of rotatable bonds is 4. The Kier molecular flexibility index (Phi) is 3.42. The van der Waals surface area contributed by atoms with Gasteiger partial charge >= 0.3 is 0 Å². The smallest absolute Gasteiger partial charge is 0.150 e. The van der Waals surface area contributed by atoms with E-state index in [2.05, 4.69) is 37.5 Å². The molecule has 0 saturated carbocycles. The molecule has 2 aromatic heterocycles. The van der Waals surface area contributed by atoms with E-state index in [1.165, 1.54) is 5.82 Å². The van der Waals surface area contributed by atoms with Crippen molar-refractivity contribution in [3.05, 3.63) is 35.8 Å². The molecule has 20 heavy (non-hydrogen) atoms. The van der Waals surface area contributed by atoms with E-state index in [9.17, 15) is 0 Å². The first kappa shape index (κ1) is 13.1. The molecule has 106 valence electrons. The highest BCUT2D eigenvalue weighted by Crippen LogP contribution is 2.26. The van der Waals surface area contributed by atoms with Crippen molar-refractivity contribution >= 4 is 5.82 Å². The van der Waals surface area contributed by atoms with Crippen LogP contribution in [0.25, 0.3) is 0 Å². The average molecular weight is 271 g/mol. The summed E-state index contributed by atoms with van der Waals surface area (Å²) >= 11 is 0. The minimum absolute atomic E-state index is 0.677. The van der Waals surface area contributed by atoms with Gasteiger partial charge in [-0.1, -0.05) is 6.92 Å². The number of anilines is 1. The van der Waals surface area contributed by atoms with E-state index in [1.54, 1.807) is 0 Å². The van der Waals surface area contributed by atoms with E-state index >= 15 is 0 Å². The highest BCUT2D eigenvalue weighted by molar-refractivity contribution is 5.45. The molecule has 0 spiro atoms. The molecule has 1 aliphatic heterocycles. The van der Waals surface area contributed by atoms with Crippen LogP contribution in [0.2, 0.25) is 0 Å². The Balaban J connectivity index is 1.63. The Morgan fingerprint density at radius 2 is 2.05 bits per heavy atom. The van der Waals surface area contributed by atoms with Crippen LogP contribution in [-0.2, 0) is 13.0 Å². The second-order valence-corrected chi connectivity index (χ2v) is 5.54. The molecule has 0 unspecified atom stereocenters. The lowest BCUT2D eigenvalue weighted by atomic mass is 10.00. The molecule has 0 atom stereocenters. The Hall–Kier alpha value is -1.91. The maximum Gasteiger partial charge on any atom is 0.150 e. The van der Waals surface area contributed by atoms with E-state index in [1.807, 2.05) is 26.2 Å². The van der Waals surface area contributed by atoms with Crippen LogP contribution in [0.15, 0.2) is 18.6 Å². The van der Waals surface area contributed by atoms with E-state index in [4.69, 9.17) is 0 Å². The van der Waals surface area contributed by atoms with Gasteiger partial charge in [0.25, 0.3) is 0 Å². The summed E-state index contributed by atoms with van der Waals surface area (Å²) in [4.78, 5) is 15.7. The molecular weight excluding hydrogens is 250 g/mol. The van der Waals surface area contributed by atoms with Crippen molar-refractivity contribution in [3.63, 3.8) is 0 Å². The molecule has 2 aromatic rings. The molecule has 0 N–H and O–H groups in total. The SMILES string of the molecule is CCc1nccn1CC1CN(c2nc(C)cnc2C)C1. The van der Waals surface area contributed by atoms with Gasteiger partial charge < -0.3 is 9.47 Å². The largest absolute Gasteiger partial charge is 0.354 e. The first-order valence-electron chi connectivity index (χ1n) is 7.22. The van der Waals surface area contributed by atoms with E-state index in [0.29, 0.717) is 5.92 Å². The van der Waals surface area contributed by atoms with Crippen LogP contribution in [0.1, 0.15) is 24.1 Å². The minimum atomic E-state index is 0.677. The first-order valence-corrected chi connectivity index (χ1v) is 7.22. The topological polar surface area (TPSA) is 46.8 Å². The fraction of sp³-hybridized carbons (Fsp3) is 0.533. The minimum Gasteiger partial charge on any atom is -0.354 e. The number of nitrogens with zero attached hydrogens (tertiary/aromatic N) is 5. The molecular formula is C15H21N5. The lowest BCUT2D eigenvalue weighted by molar-refractivity contribution is 0.350. The van der Waals surface area contributed by atoms with Crippen molar-refractivity contribution in [2.75, 3.05) is 18.0 Å². The molecule has 0 amide bonds. The van der Waals surface area contributed by atoms with Crippen LogP contribution in [0.5, 0.6) is 0 Å². The second kappa shape index (κ2) is 5.23. The predicted octanol–water partition coefficient (Wildman–Crippen LogP) is 1.99. The summed E-state index contributed by atoms with van der Waals surface area (Å²) in [5, 5.41) is 0. The van der Waals surface area contributed by atoms with Crippen LogP contribution in [0, 0.1) is 19.8 Å². The molecule has 0 bridgehead atoms.